The summed E-state index contributed by atoms with van der Waals surface area (Å²) in [7, 11) is 2.80. The van der Waals surface area contributed by atoms with Crippen molar-refractivity contribution in [3.8, 4) is 0 Å². The van der Waals surface area contributed by atoms with Crippen molar-refractivity contribution in [3.05, 3.63) is 0 Å². The quantitative estimate of drug-likeness (QED) is 0.408. The largest absolute Gasteiger partial charge is 0.469 e. The van der Waals surface area contributed by atoms with Gasteiger partial charge in [0.05, 0.1) is 18.6 Å². The van der Waals surface area contributed by atoms with Gasteiger partial charge < -0.3 is 19.3 Å². The van der Waals surface area contributed by atoms with Gasteiger partial charge in [0.25, 0.3) is 0 Å². The van der Waals surface area contributed by atoms with Crippen molar-refractivity contribution in [1.29, 1.82) is 0 Å². The van der Waals surface area contributed by atoms with Gasteiger partial charge in [-0.25, -0.2) is 9.59 Å². The van der Waals surface area contributed by atoms with E-state index in [1.807, 2.05) is 27.7 Å². The number of aliphatic hydroxyl groups is 1. The molecule has 0 aliphatic heterocycles. The second-order valence-electron chi connectivity index (χ2n) is 11.4. The molecular formula is C24H45NO7. The molecule has 0 saturated carbocycles. The van der Waals surface area contributed by atoms with Crippen LogP contribution in [-0.4, -0.2) is 66.0 Å². The molecule has 8 heteroatoms. The van der Waals surface area contributed by atoms with E-state index in [0.29, 0.717) is 12.8 Å². The second-order valence-corrected chi connectivity index (χ2v) is 11.4. The second kappa shape index (κ2) is 11.3. The highest BCUT2D eigenvalue weighted by Crippen LogP contribution is 2.33. The van der Waals surface area contributed by atoms with Gasteiger partial charge in [0, 0.05) is 7.05 Å². The zero-order valence-corrected chi connectivity index (χ0v) is 22.1. The lowest BCUT2D eigenvalue weighted by Gasteiger charge is -2.36. The summed E-state index contributed by atoms with van der Waals surface area (Å²) in [5, 5.41) is 10.6. The molecule has 8 nitrogen and oxygen atoms in total. The Morgan fingerprint density at radius 1 is 0.938 bits per heavy atom. The summed E-state index contributed by atoms with van der Waals surface area (Å²) in [6.07, 6.45) is -1.12. The molecule has 0 aliphatic carbocycles. The molecule has 32 heavy (non-hydrogen) atoms. The predicted molar refractivity (Wildman–Crippen MR) is 123 cm³/mol. The van der Waals surface area contributed by atoms with Crippen LogP contribution in [0, 0.1) is 16.7 Å². The number of aliphatic hydroxyl groups excluding tert-OH is 1. The first kappa shape index (κ1) is 30.2. The minimum absolute atomic E-state index is 0.0372. The molecule has 0 heterocycles. The normalized spacial score (nSPS) is 16.4. The minimum Gasteiger partial charge on any atom is -0.469 e. The van der Waals surface area contributed by atoms with E-state index in [4.69, 9.17) is 14.2 Å². The van der Waals surface area contributed by atoms with Crippen LogP contribution in [0.2, 0.25) is 0 Å². The zero-order chi connectivity index (χ0) is 25.7. The van der Waals surface area contributed by atoms with Crippen molar-refractivity contribution in [2.45, 2.75) is 106 Å². The smallest absolute Gasteiger partial charge is 0.410 e. The van der Waals surface area contributed by atoms with E-state index in [1.54, 1.807) is 41.5 Å². The number of ether oxygens (including phenoxy) is 3. The molecule has 0 aliphatic rings. The number of esters is 2. The van der Waals surface area contributed by atoms with Gasteiger partial charge in [-0.1, -0.05) is 27.7 Å². The molecule has 0 rings (SSSR count). The number of hydrogen-bond acceptors (Lipinski definition) is 7. The first-order valence-corrected chi connectivity index (χ1v) is 11.2. The van der Waals surface area contributed by atoms with Gasteiger partial charge in [-0.3, -0.25) is 9.69 Å². The van der Waals surface area contributed by atoms with E-state index in [1.165, 1.54) is 19.1 Å². The zero-order valence-electron chi connectivity index (χ0n) is 22.1. The average molecular weight is 460 g/mol. The molecule has 0 radical (unpaired) electrons. The van der Waals surface area contributed by atoms with Crippen molar-refractivity contribution in [1.82, 2.24) is 4.90 Å². The molecule has 0 aromatic carbocycles. The van der Waals surface area contributed by atoms with Crippen LogP contribution in [0.5, 0.6) is 0 Å². The summed E-state index contributed by atoms with van der Waals surface area (Å²) in [4.78, 5) is 38.3. The molecule has 0 unspecified atom stereocenters. The minimum atomic E-state index is -1.04. The Kier molecular flexibility index (Phi) is 10.7. The molecule has 1 amide bonds. The van der Waals surface area contributed by atoms with Crippen molar-refractivity contribution in [2.75, 3.05) is 14.2 Å². The van der Waals surface area contributed by atoms with Crippen molar-refractivity contribution >= 4 is 18.0 Å². The summed E-state index contributed by atoms with van der Waals surface area (Å²) >= 11 is 0. The Hall–Kier alpha value is -1.83. The lowest BCUT2D eigenvalue weighted by molar-refractivity contribution is -0.161. The van der Waals surface area contributed by atoms with Crippen LogP contribution in [0.1, 0.15) is 82.1 Å². The third-order valence-corrected chi connectivity index (χ3v) is 5.61. The summed E-state index contributed by atoms with van der Waals surface area (Å²) < 4.78 is 15.9. The molecule has 4 atom stereocenters. The van der Waals surface area contributed by atoms with Gasteiger partial charge in [0.1, 0.15) is 17.7 Å². The fourth-order valence-corrected chi connectivity index (χ4v) is 3.00. The number of carbonyl (C=O) groups is 3. The van der Waals surface area contributed by atoms with Gasteiger partial charge in [-0.2, -0.15) is 0 Å². The maximum absolute atomic E-state index is 12.8. The van der Waals surface area contributed by atoms with Crippen molar-refractivity contribution < 1.29 is 33.7 Å². The lowest BCUT2D eigenvalue weighted by atomic mass is 9.78. The molecule has 0 aromatic rings. The van der Waals surface area contributed by atoms with Crippen LogP contribution >= 0.6 is 0 Å². The molecule has 0 bridgehead atoms. The van der Waals surface area contributed by atoms with Crippen molar-refractivity contribution in [3.63, 3.8) is 0 Å². The topological polar surface area (TPSA) is 102 Å². The monoisotopic (exact) mass is 459 g/mol. The summed E-state index contributed by atoms with van der Waals surface area (Å²) in [5.41, 5.74) is -2.07. The van der Waals surface area contributed by atoms with Gasteiger partial charge >= 0.3 is 18.0 Å². The van der Waals surface area contributed by atoms with Gasteiger partial charge in [0.2, 0.25) is 0 Å². The number of methoxy groups -OCH3 is 1. The molecule has 1 N–H and O–H groups in total. The highest BCUT2D eigenvalue weighted by Gasteiger charge is 2.39. The number of carbonyl (C=O) groups excluding carboxylic acids is 3. The summed E-state index contributed by atoms with van der Waals surface area (Å²) in [5.74, 6) is -1.04. The van der Waals surface area contributed by atoms with Crippen LogP contribution in [-0.2, 0) is 23.8 Å². The van der Waals surface area contributed by atoms with E-state index in [0.717, 1.165) is 0 Å². The van der Waals surface area contributed by atoms with Crippen molar-refractivity contribution in [2.24, 2.45) is 16.7 Å². The SMILES string of the molecule is COC(=O)C(C)(C)[C@@H](O)C[C@@H](C)C[C@H](OC(=O)[C@H](C)N(C)C(=O)OC(C)(C)C)C(C)(C)C. The number of likely N-dealkylation sites (N-methyl/N-ethyl adjacent to an activating group) is 1. The molecule has 0 saturated heterocycles. The van der Waals surface area contributed by atoms with Crippen LogP contribution < -0.4 is 0 Å². The third kappa shape index (κ3) is 9.35. The number of rotatable bonds is 9. The van der Waals surface area contributed by atoms with Gasteiger partial charge in [-0.05, 0) is 65.7 Å². The summed E-state index contributed by atoms with van der Waals surface area (Å²) in [6.45, 7) is 18.0. The van der Waals surface area contributed by atoms with Gasteiger partial charge in [0.15, 0.2) is 0 Å². The van der Waals surface area contributed by atoms with Crippen LogP contribution in [0.3, 0.4) is 0 Å². The Balaban J connectivity index is 5.24. The first-order valence-electron chi connectivity index (χ1n) is 11.2. The number of hydrogen-bond donors (Lipinski definition) is 1. The third-order valence-electron chi connectivity index (χ3n) is 5.61. The Labute approximate surface area is 194 Å². The predicted octanol–water partition coefficient (Wildman–Crippen LogP) is 4.18. The van der Waals surface area contributed by atoms with E-state index in [9.17, 15) is 19.5 Å². The van der Waals surface area contributed by atoms with Crippen LogP contribution in [0.4, 0.5) is 4.79 Å². The van der Waals surface area contributed by atoms with Crippen LogP contribution in [0.15, 0.2) is 0 Å². The Bertz CT molecular complexity index is 646. The fraction of sp³-hybridized carbons (Fsp3) is 0.875. The average Bonchev–Trinajstić information content (AvgIpc) is 2.62. The molecule has 0 spiro atoms. The number of amides is 1. The molecule has 0 aromatic heterocycles. The fourth-order valence-electron chi connectivity index (χ4n) is 3.00. The maximum Gasteiger partial charge on any atom is 0.410 e. The van der Waals surface area contributed by atoms with E-state index >= 15 is 0 Å². The Morgan fingerprint density at radius 3 is 1.84 bits per heavy atom. The van der Waals surface area contributed by atoms with Crippen LogP contribution in [0.25, 0.3) is 0 Å². The van der Waals surface area contributed by atoms with E-state index in [-0.39, 0.29) is 11.3 Å². The standard InChI is InChI=1S/C24H45NO7/c1-15(13-17(26)24(9,10)20(28)30-12)14-18(22(3,4)5)31-19(27)16(2)25(11)21(29)32-23(6,7)8/h15-18,26H,13-14H2,1-12H3/t15-,16+,17+,18+/m1/s1. The summed E-state index contributed by atoms with van der Waals surface area (Å²) in [6, 6.07) is -0.825. The number of nitrogens with zero attached hydrogens (tertiary/aromatic N) is 1. The highest BCUT2D eigenvalue weighted by atomic mass is 16.6. The molecule has 0 fully saturated rings. The van der Waals surface area contributed by atoms with Gasteiger partial charge in [-0.15, -0.1) is 0 Å². The van der Waals surface area contributed by atoms with E-state index < -0.39 is 47.3 Å². The Morgan fingerprint density at radius 2 is 1.44 bits per heavy atom. The highest BCUT2D eigenvalue weighted by molar-refractivity contribution is 5.81. The molecular weight excluding hydrogens is 414 g/mol. The maximum atomic E-state index is 12.8. The lowest BCUT2D eigenvalue weighted by Crippen LogP contribution is -2.46. The first-order chi connectivity index (χ1) is 14.2. The molecule has 188 valence electrons. The van der Waals surface area contributed by atoms with E-state index in [2.05, 4.69) is 0 Å².